The molecule has 0 unspecified atom stereocenters. The van der Waals surface area contributed by atoms with Crippen molar-refractivity contribution in [1.29, 1.82) is 0 Å². The van der Waals surface area contributed by atoms with Crippen molar-refractivity contribution in [2.75, 3.05) is 4.72 Å². The van der Waals surface area contributed by atoms with Crippen molar-refractivity contribution in [3.8, 4) is 0 Å². The number of Topliss-reactive ketones (excluding diaryl/α,β-unsaturated/α-hetero) is 1. The highest BCUT2D eigenvalue weighted by molar-refractivity contribution is 7.92. The van der Waals surface area contributed by atoms with Crippen LogP contribution < -0.4 is 4.72 Å². The molecule has 0 saturated carbocycles. The fraction of sp³-hybridized carbons (Fsp3) is 0.0556. The zero-order valence-corrected chi connectivity index (χ0v) is 14.5. The number of anilines is 1. The third-order valence-corrected chi connectivity index (χ3v) is 5.28. The lowest BCUT2D eigenvalue weighted by Crippen LogP contribution is -2.14. The lowest BCUT2D eigenvalue weighted by atomic mass is 10.0. The number of sulfonamides is 1. The van der Waals surface area contributed by atoms with Gasteiger partial charge in [0.15, 0.2) is 10.7 Å². The summed E-state index contributed by atoms with van der Waals surface area (Å²) < 4.78 is 27.5. The first-order valence-electron chi connectivity index (χ1n) is 7.59. The normalized spacial score (nSPS) is 11.3. The minimum atomic E-state index is -4.13. The van der Waals surface area contributed by atoms with Crippen molar-refractivity contribution in [1.82, 2.24) is 0 Å². The summed E-state index contributed by atoms with van der Waals surface area (Å²) in [5.74, 6) is -0.0620. The molecule has 8 heteroatoms. The summed E-state index contributed by atoms with van der Waals surface area (Å²) in [6.07, 6.45) is 0. The predicted molar refractivity (Wildman–Crippen MR) is 97.9 cm³/mol. The highest BCUT2D eigenvalue weighted by Gasteiger charge is 2.25. The molecule has 0 atom stereocenters. The molecule has 26 heavy (non-hydrogen) atoms. The van der Waals surface area contributed by atoms with Gasteiger partial charge in [0, 0.05) is 17.3 Å². The molecule has 3 aromatic carbocycles. The first-order chi connectivity index (χ1) is 12.3. The largest absolute Gasteiger partial charge is 0.295 e. The topological polar surface area (TPSA) is 106 Å². The minimum Gasteiger partial charge on any atom is -0.295 e. The van der Waals surface area contributed by atoms with Gasteiger partial charge in [0.25, 0.3) is 15.7 Å². The first kappa shape index (κ1) is 17.6. The van der Waals surface area contributed by atoms with E-state index in [9.17, 15) is 23.3 Å². The van der Waals surface area contributed by atoms with Crippen molar-refractivity contribution in [2.24, 2.45) is 0 Å². The van der Waals surface area contributed by atoms with Crippen LogP contribution in [0.4, 0.5) is 11.4 Å². The Morgan fingerprint density at radius 3 is 2.35 bits per heavy atom. The minimum absolute atomic E-state index is 0.0620. The molecular formula is C18H14N2O5S. The Labute approximate surface area is 149 Å². The van der Waals surface area contributed by atoms with E-state index in [-0.39, 0.29) is 11.5 Å². The summed E-state index contributed by atoms with van der Waals surface area (Å²) >= 11 is 0. The van der Waals surface area contributed by atoms with E-state index in [0.29, 0.717) is 5.56 Å². The molecule has 132 valence electrons. The van der Waals surface area contributed by atoms with Crippen LogP contribution in [0.3, 0.4) is 0 Å². The summed E-state index contributed by atoms with van der Waals surface area (Å²) in [6.45, 7) is 1.47. The number of para-hydroxylation sites is 1. The molecule has 3 rings (SSSR count). The highest BCUT2D eigenvalue weighted by atomic mass is 32.2. The number of fused-ring (bicyclic) bond motifs is 1. The molecule has 0 heterocycles. The van der Waals surface area contributed by atoms with Crippen LogP contribution in [0.15, 0.2) is 65.6 Å². The lowest BCUT2D eigenvalue weighted by Gasteiger charge is -2.10. The second kappa shape index (κ2) is 6.57. The quantitative estimate of drug-likeness (QED) is 0.418. The molecule has 0 aliphatic heterocycles. The molecule has 7 nitrogen and oxygen atoms in total. The number of nitro groups is 1. The molecule has 0 aromatic heterocycles. The van der Waals surface area contributed by atoms with Crippen LogP contribution in [0.2, 0.25) is 0 Å². The third-order valence-electron chi connectivity index (χ3n) is 3.85. The molecule has 0 spiro atoms. The maximum atomic E-state index is 12.5. The second-order valence-corrected chi connectivity index (χ2v) is 7.31. The van der Waals surface area contributed by atoms with E-state index in [1.165, 1.54) is 25.1 Å². The van der Waals surface area contributed by atoms with Gasteiger partial charge in [-0.15, -0.1) is 0 Å². The Morgan fingerprint density at radius 1 is 1.00 bits per heavy atom. The molecule has 0 amide bonds. The summed E-state index contributed by atoms with van der Waals surface area (Å²) in [6, 6.07) is 15.1. The van der Waals surface area contributed by atoms with Crippen molar-refractivity contribution < 1.29 is 18.1 Å². The molecule has 3 aromatic rings. The van der Waals surface area contributed by atoms with Gasteiger partial charge in [-0.2, -0.15) is 0 Å². The Hall–Kier alpha value is -3.26. The van der Waals surface area contributed by atoms with E-state index in [2.05, 4.69) is 4.72 Å². The van der Waals surface area contributed by atoms with Gasteiger partial charge in [-0.05, 0) is 42.0 Å². The number of nitrogens with one attached hydrogen (secondary N) is 1. The van der Waals surface area contributed by atoms with E-state index >= 15 is 0 Å². The van der Waals surface area contributed by atoms with E-state index in [1.807, 2.05) is 0 Å². The number of nitro benzene ring substituents is 1. The number of carbonyl (C=O) groups excluding carboxylic acids is 1. The standard InChI is InChI=1S/C18H14N2O5S/c1-12(21)13-6-7-15-11-16(9-8-14(15)10-13)19-26(24,25)18-5-3-2-4-17(18)20(22)23/h2-11,19H,1H3. The van der Waals surface area contributed by atoms with Gasteiger partial charge in [-0.25, -0.2) is 8.42 Å². The third kappa shape index (κ3) is 3.40. The van der Waals surface area contributed by atoms with Crippen LogP contribution in [0, 0.1) is 10.1 Å². The van der Waals surface area contributed by atoms with Crippen LogP contribution in [0.5, 0.6) is 0 Å². The SMILES string of the molecule is CC(=O)c1ccc2cc(NS(=O)(=O)c3ccccc3[N+](=O)[O-])ccc2c1. The average molecular weight is 370 g/mol. The van der Waals surface area contributed by atoms with Gasteiger partial charge in [0.1, 0.15) is 0 Å². The Morgan fingerprint density at radius 2 is 1.65 bits per heavy atom. The van der Waals surface area contributed by atoms with Crippen LogP contribution >= 0.6 is 0 Å². The van der Waals surface area contributed by atoms with Crippen LogP contribution in [-0.4, -0.2) is 19.1 Å². The summed E-state index contributed by atoms with van der Waals surface area (Å²) in [4.78, 5) is 21.4. The highest BCUT2D eigenvalue weighted by Crippen LogP contribution is 2.27. The zero-order chi connectivity index (χ0) is 18.9. The van der Waals surface area contributed by atoms with E-state index in [0.717, 1.165) is 16.8 Å². The Bertz CT molecular complexity index is 1140. The molecular weight excluding hydrogens is 356 g/mol. The molecule has 0 aliphatic carbocycles. The Balaban J connectivity index is 1.99. The van der Waals surface area contributed by atoms with Gasteiger partial charge in [-0.3, -0.25) is 19.6 Å². The van der Waals surface area contributed by atoms with Crippen molar-refractivity contribution in [3.05, 3.63) is 76.3 Å². The number of rotatable bonds is 5. The predicted octanol–water partition coefficient (Wildman–Crippen LogP) is 3.75. The molecule has 0 saturated heterocycles. The lowest BCUT2D eigenvalue weighted by molar-refractivity contribution is -0.387. The van der Waals surface area contributed by atoms with Gasteiger partial charge >= 0.3 is 0 Å². The summed E-state index contributed by atoms with van der Waals surface area (Å²) in [5, 5.41) is 12.6. The van der Waals surface area contributed by atoms with Gasteiger partial charge < -0.3 is 0 Å². The molecule has 1 N–H and O–H groups in total. The molecule has 0 aliphatic rings. The first-order valence-corrected chi connectivity index (χ1v) is 9.07. The maximum Gasteiger partial charge on any atom is 0.289 e. The summed E-state index contributed by atoms with van der Waals surface area (Å²) in [7, 11) is -4.13. The molecule has 0 fully saturated rings. The fourth-order valence-electron chi connectivity index (χ4n) is 2.57. The molecule has 0 radical (unpaired) electrons. The summed E-state index contributed by atoms with van der Waals surface area (Å²) in [5.41, 5.74) is 0.337. The van der Waals surface area contributed by atoms with E-state index < -0.39 is 25.5 Å². The number of hydrogen-bond acceptors (Lipinski definition) is 5. The molecule has 0 bridgehead atoms. The van der Waals surface area contributed by atoms with Crippen molar-refractivity contribution in [2.45, 2.75) is 11.8 Å². The zero-order valence-electron chi connectivity index (χ0n) is 13.7. The number of carbonyl (C=O) groups is 1. The number of ketones is 1. The number of hydrogen-bond donors (Lipinski definition) is 1. The maximum absolute atomic E-state index is 12.5. The monoisotopic (exact) mass is 370 g/mol. The average Bonchev–Trinajstić information content (AvgIpc) is 2.60. The number of nitrogens with zero attached hydrogens (tertiary/aromatic N) is 1. The Kier molecular flexibility index (Phi) is 4.43. The smallest absolute Gasteiger partial charge is 0.289 e. The van der Waals surface area contributed by atoms with E-state index in [4.69, 9.17) is 0 Å². The van der Waals surface area contributed by atoms with Crippen LogP contribution in [0.25, 0.3) is 10.8 Å². The van der Waals surface area contributed by atoms with Gasteiger partial charge in [0.05, 0.1) is 4.92 Å². The van der Waals surface area contributed by atoms with Gasteiger partial charge in [-0.1, -0.05) is 30.3 Å². The van der Waals surface area contributed by atoms with Crippen molar-refractivity contribution in [3.63, 3.8) is 0 Å². The second-order valence-electron chi connectivity index (χ2n) is 5.66. The van der Waals surface area contributed by atoms with Crippen LogP contribution in [-0.2, 0) is 10.0 Å². The van der Waals surface area contributed by atoms with E-state index in [1.54, 1.807) is 36.4 Å². The van der Waals surface area contributed by atoms with Crippen LogP contribution in [0.1, 0.15) is 17.3 Å². The van der Waals surface area contributed by atoms with Crippen molar-refractivity contribution >= 4 is 38.0 Å². The van der Waals surface area contributed by atoms with Gasteiger partial charge in [0.2, 0.25) is 0 Å². The number of benzene rings is 3. The fourth-order valence-corrected chi connectivity index (χ4v) is 3.80.